The van der Waals surface area contributed by atoms with Crippen molar-refractivity contribution in [3.8, 4) is 5.75 Å². The van der Waals surface area contributed by atoms with E-state index in [1.165, 1.54) is 25.7 Å². The highest BCUT2D eigenvalue weighted by Crippen LogP contribution is 2.36. The Morgan fingerprint density at radius 1 is 1.03 bits per heavy atom. The zero-order valence-electron chi connectivity index (χ0n) is 20.0. The van der Waals surface area contributed by atoms with Crippen LogP contribution in [0, 0.1) is 11.8 Å². The Balaban J connectivity index is 1.06. The Bertz CT molecular complexity index is 936. The minimum atomic E-state index is -0.587. The largest absolute Gasteiger partial charge is 0.492 e. The maximum atomic E-state index is 12.8. The molecule has 0 aromatic heterocycles. The molecule has 5 rings (SSSR count). The van der Waals surface area contributed by atoms with E-state index in [0.29, 0.717) is 31.2 Å². The number of carbonyl (C=O) groups is 3. The van der Waals surface area contributed by atoms with Crippen molar-refractivity contribution in [2.75, 3.05) is 32.8 Å². The molecule has 1 N–H and O–H groups in total. The predicted molar refractivity (Wildman–Crippen MR) is 125 cm³/mol. The fourth-order valence-electron chi connectivity index (χ4n) is 5.99. The highest BCUT2D eigenvalue weighted by molar-refractivity contribution is 6.05. The van der Waals surface area contributed by atoms with Crippen molar-refractivity contribution < 1.29 is 23.9 Å². The molecule has 3 amide bonds. The van der Waals surface area contributed by atoms with E-state index < -0.39 is 6.04 Å². The molecule has 3 heterocycles. The summed E-state index contributed by atoms with van der Waals surface area (Å²) in [5, 5.41) is 2.34. The third kappa shape index (κ3) is 4.84. The number of piperidine rings is 1. The second-order valence-corrected chi connectivity index (χ2v) is 10.1. The van der Waals surface area contributed by atoms with Crippen molar-refractivity contribution in [3.63, 3.8) is 0 Å². The number of imide groups is 1. The highest BCUT2D eigenvalue weighted by Gasteiger charge is 2.39. The van der Waals surface area contributed by atoms with Gasteiger partial charge in [0.2, 0.25) is 11.8 Å². The summed E-state index contributed by atoms with van der Waals surface area (Å²) >= 11 is 0. The summed E-state index contributed by atoms with van der Waals surface area (Å²) in [7, 11) is 0. The fourth-order valence-corrected chi connectivity index (χ4v) is 5.99. The maximum absolute atomic E-state index is 12.8. The van der Waals surface area contributed by atoms with Gasteiger partial charge in [0.25, 0.3) is 5.91 Å². The lowest BCUT2D eigenvalue weighted by molar-refractivity contribution is -0.136. The first kappa shape index (κ1) is 23.3. The van der Waals surface area contributed by atoms with Gasteiger partial charge in [-0.1, -0.05) is 0 Å². The van der Waals surface area contributed by atoms with Crippen LogP contribution in [-0.2, 0) is 20.9 Å². The van der Waals surface area contributed by atoms with Crippen LogP contribution in [0.5, 0.6) is 5.75 Å². The number of hydrogen-bond donors (Lipinski definition) is 1. The van der Waals surface area contributed by atoms with Crippen LogP contribution in [0.3, 0.4) is 0 Å². The number of nitrogens with zero attached hydrogens (tertiary/aromatic N) is 2. The van der Waals surface area contributed by atoms with Crippen LogP contribution in [0.2, 0.25) is 0 Å². The van der Waals surface area contributed by atoms with Gasteiger partial charge in [0.05, 0.1) is 6.10 Å². The normalized spacial score (nSPS) is 28.0. The highest BCUT2D eigenvalue weighted by atomic mass is 16.5. The number of ether oxygens (including phenoxy) is 2. The smallest absolute Gasteiger partial charge is 0.255 e. The molecule has 3 aliphatic heterocycles. The van der Waals surface area contributed by atoms with E-state index in [1.54, 1.807) is 11.0 Å². The van der Waals surface area contributed by atoms with Gasteiger partial charge < -0.3 is 14.4 Å². The first-order valence-corrected chi connectivity index (χ1v) is 12.8. The lowest BCUT2D eigenvalue weighted by Crippen LogP contribution is -2.52. The van der Waals surface area contributed by atoms with E-state index in [-0.39, 0.29) is 24.1 Å². The average Bonchev–Trinajstić information content (AvgIpc) is 3.12. The predicted octanol–water partition coefficient (Wildman–Crippen LogP) is 2.35. The van der Waals surface area contributed by atoms with Gasteiger partial charge in [-0.15, -0.1) is 0 Å². The van der Waals surface area contributed by atoms with Crippen LogP contribution >= 0.6 is 0 Å². The summed E-state index contributed by atoms with van der Waals surface area (Å²) in [6.07, 6.45) is 6.12. The number of hydrogen-bond acceptors (Lipinski definition) is 6. The summed E-state index contributed by atoms with van der Waals surface area (Å²) < 4.78 is 11.8. The van der Waals surface area contributed by atoms with Gasteiger partial charge in [0, 0.05) is 44.8 Å². The molecule has 8 heteroatoms. The van der Waals surface area contributed by atoms with Crippen LogP contribution in [-0.4, -0.2) is 72.5 Å². The average molecular weight is 470 g/mol. The summed E-state index contributed by atoms with van der Waals surface area (Å²) in [5.74, 6) is 1.59. The number of nitrogens with one attached hydrogen (secondary N) is 1. The molecule has 1 unspecified atom stereocenters. The molecule has 1 atom stereocenters. The first-order chi connectivity index (χ1) is 16.5. The molecule has 1 saturated carbocycles. The molecule has 2 saturated heterocycles. The second kappa shape index (κ2) is 10.0. The molecule has 1 aliphatic carbocycles. The fraction of sp³-hybridized carbons (Fsp3) is 0.654. The van der Waals surface area contributed by atoms with Crippen molar-refractivity contribution in [1.82, 2.24) is 15.1 Å². The summed E-state index contributed by atoms with van der Waals surface area (Å²) in [6, 6.07) is 4.95. The number of carbonyl (C=O) groups excluding carboxylic acids is 3. The Hall–Kier alpha value is -2.45. The summed E-state index contributed by atoms with van der Waals surface area (Å²) in [4.78, 5) is 40.5. The van der Waals surface area contributed by atoms with Gasteiger partial charge in [0.15, 0.2) is 0 Å². The van der Waals surface area contributed by atoms with Crippen LogP contribution in [0.1, 0.15) is 61.4 Å². The molecule has 0 radical (unpaired) electrons. The van der Waals surface area contributed by atoms with Crippen molar-refractivity contribution in [2.24, 2.45) is 11.8 Å². The van der Waals surface area contributed by atoms with Crippen molar-refractivity contribution >= 4 is 17.7 Å². The van der Waals surface area contributed by atoms with Gasteiger partial charge in [0.1, 0.15) is 18.4 Å². The number of benzene rings is 1. The van der Waals surface area contributed by atoms with Gasteiger partial charge >= 0.3 is 0 Å². The number of likely N-dealkylation sites (tertiary alicyclic amines) is 1. The van der Waals surface area contributed by atoms with E-state index in [0.717, 1.165) is 49.4 Å². The molecule has 34 heavy (non-hydrogen) atoms. The van der Waals surface area contributed by atoms with E-state index in [1.807, 2.05) is 12.1 Å². The zero-order chi connectivity index (χ0) is 23.7. The minimum absolute atomic E-state index is 0.155. The zero-order valence-corrected chi connectivity index (χ0v) is 20.0. The SMILES string of the molecule is CCOC1CCC(C2CN(CCOc3ccc4c(c3)CN(C3CCC(=O)NC3=O)C4=O)C2)CC1. The van der Waals surface area contributed by atoms with Gasteiger partial charge in [-0.2, -0.15) is 0 Å². The van der Waals surface area contributed by atoms with Gasteiger partial charge in [-0.25, -0.2) is 0 Å². The third-order valence-corrected chi connectivity index (χ3v) is 7.94. The Labute approximate surface area is 200 Å². The summed E-state index contributed by atoms with van der Waals surface area (Å²) in [5.41, 5.74) is 1.49. The van der Waals surface area contributed by atoms with Crippen LogP contribution in [0.25, 0.3) is 0 Å². The Morgan fingerprint density at radius 3 is 2.56 bits per heavy atom. The Kier molecular flexibility index (Phi) is 6.88. The molecule has 1 aromatic carbocycles. The van der Waals surface area contributed by atoms with E-state index in [4.69, 9.17) is 9.47 Å². The van der Waals surface area contributed by atoms with Crippen LogP contribution < -0.4 is 10.1 Å². The number of rotatable bonds is 8. The second-order valence-electron chi connectivity index (χ2n) is 10.1. The minimum Gasteiger partial charge on any atom is -0.492 e. The maximum Gasteiger partial charge on any atom is 0.255 e. The monoisotopic (exact) mass is 469 g/mol. The third-order valence-electron chi connectivity index (χ3n) is 7.94. The van der Waals surface area contributed by atoms with E-state index >= 15 is 0 Å². The molecule has 184 valence electrons. The van der Waals surface area contributed by atoms with E-state index in [9.17, 15) is 14.4 Å². The number of fused-ring (bicyclic) bond motifs is 1. The molecule has 0 bridgehead atoms. The van der Waals surface area contributed by atoms with E-state index in [2.05, 4.69) is 17.1 Å². The first-order valence-electron chi connectivity index (χ1n) is 12.8. The number of amides is 3. The molecule has 1 aromatic rings. The molecular formula is C26H35N3O5. The molecule has 4 aliphatic rings. The van der Waals surface area contributed by atoms with Gasteiger partial charge in [-0.3, -0.25) is 24.6 Å². The standard InChI is InChI=1S/C26H35N3O5/c1-2-33-20-5-3-17(4-6-20)19-14-28(15-19)11-12-34-21-7-8-22-18(13-21)16-29(26(22)32)23-9-10-24(30)27-25(23)31/h7-8,13,17,19-20,23H,2-6,9-12,14-16H2,1H3,(H,27,30,31). The molecule has 3 fully saturated rings. The van der Waals surface area contributed by atoms with Crippen molar-refractivity contribution in [1.29, 1.82) is 0 Å². The molecule has 8 nitrogen and oxygen atoms in total. The van der Waals surface area contributed by atoms with Crippen LogP contribution in [0.15, 0.2) is 18.2 Å². The Morgan fingerprint density at radius 2 is 1.82 bits per heavy atom. The van der Waals surface area contributed by atoms with Crippen LogP contribution in [0.4, 0.5) is 0 Å². The van der Waals surface area contributed by atoms with Crippen molar-refractivity contribution in [2.45, 2.75) is 64.1 Å². The topological polar surface area (TPSA) is 88.2 Å². The van der Waals surface area contributed by atoms with Crippen molar-refractivity contribution in [3.05, 3.63) is 29.3 Å². The lowest BCUT2D eigenvalue weighted by atomic mass is 9.75. The molecular weight excluding hydrogens is 434 g/mol. The summed E-state index contributed by atoms with van der Waals surface area (Å²) in [6.45, 7) is 7.12. The quantitative estimate of drug-likeness (QED) is 0.588. The van der Waals surface area contributed by atoms with Gasteiger partial charge in [-0.05, 0) is 74.6 Å². The molecule has 0 spiro atoms. The lowest BCUT2D eigenvalue weighted by Gasteiger charge is -2.45.